The van der Waals surface area contributed by atoms with Crippen LogP contribution in [0, 0.1) is 0 Å². The zero-order valence-corrected chi connectivity index (χ0v) is 11.6. The third-order valence-electron chi connectivity index (χ3n) is 3.11. The molecule has 0 unspecified atom stereocenters. The van der Waals surface area contributed by atoms with Crippen molar-refractivity contribution in [3.8, 4) is 5.88 Å². The Balaban J connectivity index is 1.85. The number of rotatable bonds is 4. The minimum Gasteiger partial charge on any atom is -0.481 e. The second-order valence-corrected chi connectivity index (χ2v) is 4.50. The van der Waals surface area contributed by atoms with Crippen molar-refractivity contribution in [3.63, 3.8) is 0 Å². The van der Waals surface area contributed by atoms with Gasteiger partial charge in [0.15, 0.2) is 0 Å². The molecule has 6 nitrogen and oxygen atoms in total. The summed E-state index contributed by atoms with van der Waals surface area (Å²) in [5.41, 5.74) is 7.70. The molecule has 6 heteroatoms. The molecule has 3 N–H and O–H groups in total. The van der Waals surface area contributed by atoms with Gasteiger partial charge < -0.3 is 15.8 Å². The first kappa shape index (κ1) is 13.1. The van der Waals surface area contributed by atoms with Gasteiger partial charge in [0.1, 0.15) is 5.82 Å². The van der Waals surface area contributed by atoms with E-state index in [1.807, 2.05) is 30.3 Å². The number of para-hydroxylation sites is 1. The molecule has 0 radical (unpaired) electrons. The van der Waals surface area contributed by atoms with Crippen LogP contribution in [-0.4, -0.2) is 22.1 Å². The largest absolute Gasteiger partial charge is 0.481 e. The number of anilines is 2. The maximum Gasteiger partial charge on any atom is 0.225 e. The quantitative estimate of drug-likeness (QED) is 0.762. The monoisotopic (exact) mass is 281 g/mol. The van der Waals surface area contributed by atoms with E-state index in [4.69, 9.17) is 10.5 Å². The summed E-state index contributed by atoms with van der Waals surface area (Å²) in [5.74, 6) is 1.22. The summed E-state index contributed by atoms with van der Waals surface area (Å²) < 4.78 is 5.07. The van der Waals surface area contributed by atoms with Gasteiger partial charge in [0.05, 0.1) is 12.6 Å². The van der Waals surface area contributed by atoms with Crippen molar-refractivity contribution in [2.45, 2.75) is 6.54 Å². The number of ether oxygens (including phenoxy) is 1. The van der Waals surface area contributed by atoms with Crippen molar-refractivity contribution >= 4 is 22.7 Å². The summed E-state index contributed by atoms with van der Waals surface area (Å²) in [7, 11) is 1.54. The molecule has 0 saturated carbocycles. The molecule has 0 spiro atoms. The number of nitrogens with one attached hydrogen (secondary N) is 1. The van der Waals surface area contributed by atoms with E-state index < -0.39 is 0 Å². The number of fused-ring (bicyclic) bond motifs is 1. The number of aromatic nitrogens is 3. The first-order valence-electron chi connectivity index (χ1n) is 6.51. The van der Waals surface area contributed by atoms with Crippen molar-refractivity contribution in [2.24, 2.45) is 0 Å². The number of hydrogen-bond acceptors (Lipinski definition) is 6. The standard InChI is InChI=1S/C15H15N5O/c1-21-13-8-12(19-15(16)20-13)18-9-11-5-2-4-10-6-3-7-17-14(10)11/h2-8H,9H2,1H3,(H3,16,18,19,20). The highest BCUT2D eigenvalue weighted by atomic mass is 16.5. The summed E-state index contributed by atoms with van der Waals surface area (Å²) in [4.78, 5) is 12.5. The second kappa shape index (κ2) is 5.62. The second-order valence-electron chi connectivity index (χ2n) is 4.50. The highest BCUT2D eigenvalue weighted by Gasteiger charge is 2.05. The van der Waals surface area contributed by atoms with E-state index >= 15 is 0 Å². The van der Waals surface area contributed by atoms with Crippen LogP contribution in [-0.2, 0) is 6.54 Å². The van der Waals surface area contributed by atoms with Crippen LogP contribution in [0.25, 0.3) is 10.9 Å². The molecule has 0 amide bonds. The molecule has 0 aliphatic heterocycles. The van der Waals surface area contributed by atoms with Gasteiger partial charge >= 0.3 is 0 Å². The van der Waals surface area contributed by atoms with Gasteiger partial charge in [0.2, 0.25) is 11.8 Å². The highest BCUT2D eigenvalue weighted by molar-refractivity contribution is 5.81. The van der Waals surface area contributed by atoms with Gasteiger partial charge in [-0.25, -0.2) is 0 Å². The number of benzene rings is 1. The molecule has 3 rings (SSSR count). The zero-order valence-electron chi connectivity index (χ0n) is 11.6. The lowest BCUT2D eigenvalue weighted by atomic mass is 10.1. The van der Waals surface area contributed by atoms with Crippen LogP contribution in [0.3, 0.4) is 0 Å². The average molecular weight is 281 g/mol. The van der Waals surface area contributed by atoms with E-state index in [0.29, 0.717) is 18.2 Å². The molecule has 0 aliphatic carbocycles. The number of hydrogen-bond donors (Lipinski definition) is 2. The molecule has 2 heterocycles. The average Bonchev–Trinajstić information content (AvgIpc) is 2.52. The summed E-state index contributed by atoms with van der Waals surface area (Å²) in [6.45, 7) is 0.591. The molecule has 0 aliphatic rings. The first-order valence-corrected chi connectivity index (χ1v) is 6.51. The van der Waals surface area contributed by atoms with Crippen molar-refractivity contribution < 1.29 is 4.74 Å². The van der Waals surface area contributed by atoms with Crippen LogP contribution < -0.4 is 15.8 Å². The van der Waals surface area contributed by atoms with E-state index in [0.717, 1.165) is 16.5 Å². The minimum atomic E-state index is 0.174. The summed E-state index contributed by atoms with van der Waals surface area (Å²) >= 11 is 0. The lowest BCUT2D eigenvalue weighted by molar-refractivity contribution is 0.398. The molecule has 0 bridgehead atoms. The molecule has 0 atom stereocenters. The van der Waals surface area contributed by atoms with Crippen molar-refractivity contribution in [1.82, 2.24) is 15.0 Å². The Labute approximate surface area is 122 Å². The Kier molecular flexibility index (Phi) is 3.51. The van der Waals surface area contributed by atoms with Gasteiger partial charge in [-0.05, 0) is 11.6 Å². The fourth-order valence-corrected chi connectivity index (χ4v) is 2.13. The molecule has 2 aromatic heterocycles. The molecular weight excluding hydrogens is 266 g/mol. The van der Waals surface area contributed by atoms with Gasteiger partial charge in [0.25, 0.3) is 0 Å². The molecular formula is C15H15N5O. The number of nitrogens with two attached hydrogens (primary N) is 1. The Morgan fingerprint density at radius 3 is 2.90 bits per heavy atom. The molecule has 0 saturated heterocycles. The van der Waals surface area contributed by atoms with Gasteiger partial charge in [-0.1, -0.05) is 24.3 Å². The third-order valence-corrected chi connectivity index (χ3v) is 3.11. The SMILES string of the molecule is COc1cc(NCc2cccc3cccnc23)nc(N)n1. The van der Waals surface area contributed by atoms with E-state index in [9.17, 15) is 0 Å². The Bertz CT molecular complexity index is 770. The number of nitrogens with zero attached hydrogens (tertiary/aromatic N) is 3. The molecule has 3 aromatic rings. The van der Waals surface area contributed by atoms with Crippen LogP contribution in [0.5, 0.6) is 5.88 Å². The van der Waals surface area contributed by atoms with E-state index in [1.54, 1.807) is 19.4 Å². The van der Waals surface area contributed by atoms with E-state index in [1.165, 1.54) is 0 Å². The van der Waals surface area contributed by atoms with Crippen LogP contribution in [0.4, 0.5) is 11.8 Å². The normalized spacial score (nSPS) is 10.5. The minimum absolute atomic E-state index is 0.174. The van der Waals surface area contributed by atoms with E-state index in [-0.39, 0.29) is 5.95 Å². The fourth-order valence-electron chi connectivity index (χ4n) is 2.13. The number of nitrogen functional groups attached to an aromatic ring is 1. The first-order chi connectivity index (χ1) is 10.3. The van der Waals surface area contributed by atoms with Gasteiger partial charge in [-0.15, -0.1) is 0 Å². The molecule has 1 aromatic carbocycles. The lowest BCUT2D eigenvalue weighted by Crippen LogP contribution is -2.06. The van der Waals surface area contributed by atoms with Crippen molar-refractivity contribution in [3.05, 3.63) is 48.2 Å². The predicted octanol–water partition coefficient (Wildman–Crippen LogP) is 2.23. The number of methoxy groups -OCH3 is 1. The van der Waals surface area contributed by atoms with Crippen molar-refractivity contribution in [1.29, 1.82) is 0 Å². The van der Waals surface area contributed by atoms with Crippen LogP contribution in [0.2, 0.25) is 0 Å². The van der Waals surface area contributed by atoms with Crippen molar-refractivity contribution in [2.75, 3.05) is 18.2 Å². The highest BCUT2D eigenvalue weighted by Crippen LogP contribution is 2.19. The van der Waals surface area contributed by atoms with E-state index in [2.05, 4.69) is 20.3 Å². The Morgan fingerprint density at radius 2 is 2.05 bits per heavy atom. The van der Waals surface area contributed by atoms with Crippen LogP contribution in [0.15, 0.2) is 42.6 Å². The molecule has 0 fully saturated rings. The fraction of sp³-hybridized carbons (Fsp3) is 0.133. The van der Waals surface area contributed by atoms with Gasteiger partial charge in [-0.2, -0.15) is 9.97 Å². The van der Waals surface area contributed by atoms with Crippen LogP contribution in [0.1, 0.15) is 5.56 Å². The number of pyridine rings is 1. The summed E-state index contributed by atoms with van der Waals surface area (Å²) in [6.07, 6.45) is 1.79. The maximum absolute atomic E-state index is 5.64. The molecule has 21 heavy (non-hydrogen) atoms. The Morgan fingerprint density at radius 1 is 1.19 bits per heavy atom. The predicted molar refractivity (Wildman–Crippen MR) is 82.1 cm³/mol. The third kappa shape index (κ3) is 2.84. The van der Waals surface area contributed by atoms with Gasteiger partial charge in [0, 0.05) is 24.2 Å². The van der Waals surface area contributed by atoms with Crippen LogP contribution >= 0.6 is 0 Å². The smallest absolute Gasteiger partial charge is 0.225 e. The zero-order chi connectivity index (χ0) is 14.7. The Hall–Kier alpha value is -2.89. The topological polar surface area (TPSA) is 86.0 Å². The van der Waals surface area contributed by atoms with Gasteiger partial charge in [-0.3, -0.25) is 4.98 Å². The summed E-state index contributed by atoms with van der Waals surface area (Å²) in [5, 5.41) is 4.33. The maximum atomic E-state index is 5.64. The summed E-state index contributed by atoms with van der Waals surface area (Å²) in [6, 6.07) is 11.7. The molecule has 106 valence electrons. The lowest BCUT2D eigenvalue weighted by Gasteiger charge is -2.09.